The van der Waals surface area contributed by atoms with Crippen LogP contribution in [0.4, 0.5) is 4.39 Å². The van der Waals surface area contributed by atoms with E-state index >= 15 is 0 Å². The maximum absolute atomic E-state index is 12.7. The van der Waals surface area contributed by atoms with Crippen molar-refractivity contribution in [2.45, 2.75) is 18.6 Å². The van der Waals surface area contributed by atoms with Crippen LogP contribution >= 0.6 is 0 Å². The van der Waals surface area contributed by atoms with Gasteiger partial charge in [-0.2, -0.15) is 0 Å². The standard InChI is InChI=1S/C12H14FNO/c13-10-6-14(7-10)11-5-9-3-1-2-4-12(9)15-8-11/h1-4,10-11H,5-8H2. The van der Waals surface area contributed by atoms with Gasteiger partial charge in [-0.1, -0.05) is 18.2 Å². The predicted octanol–water partition coefficient (Wildman–Crippen LogP) is 1.64. The van der Waals surface area contributed by atoms with Crippen molar-refractivity contribution in [3.05, 3.63) is 29.8 Å². The molecule has 15 heavy (non-hydrogen) atoms. The first-order valence-corrected chi connectivity index (χ1v) is 5.42. The highest BCUT2D eigenvalue weighted by molar-refractivity contribution is 5.35. The summed E-state index contributed by atoms with van der Waals surface area (Å²) in [7, 11) is 0. The Balaban J connectivity index is 1.72. The number of likely N-dealkylation sites (tertiary alicyclic amines) is 1. The molecule has 1 fully saturated rings. The lowest BCUT2D eigenvalue weighted by Gasteiger charge is -2.42. The van der Waals surface area contributed by atoms with Crippen molar-refractivity contribution in [3.63, 3.8) is 0 Å². The number of fused-ring (bicyclic) bond motifs is 1. The molecule has 3 rings (SSSR count). The Bertz CT molecular complexity index is 362. The molecule has 1 atom stereocenters. The van der Waals surface area contributed by atoms with E-state index in [1.54, 1.807) is 0 Å². The van der Waals surface area contributed by atoms with Crippen LogP contribution in [-0.2, 0) is 6.42 Å². The van der Waals surface area contributed by atoms with Crippen LogP contribution in [0, 0.1) is 0 Å². The predicted molar refractivity (Wildman–Crippen MR) is 55.9 cm³/mol. The summed E-state index contributed by atoms with van der Waals surface area (Å²) in [6, 6.07) is 8.47. The molecule has 2 nitrogen and oxygen atoms in total. The number of para-hydroxylation sites is 1. The third-order valence-electron chi connectivity index (χ3n) is 3.24. The molecule has 1 aromatic carbocycles. The molecule has 1 saturated heterocycles. The summed E-state index contributed by atoms with van der Waals surface area (Å²) in [5.74, 6) is 0.992. The van der Waals surface area contributed by atoms with Gasteiger partial charge in [-0.25, -0.2) is 4.39 Å². The van der Waals surface area contributed by atoms with Gasteiger partial charge in [0.1, 0.15) is 18.5 Å². The Morgan fingerprint density at radius 3 is 2.87 bits per heavy atom. The fraction of sp³-hybridized carbons (Fsp3) is 0.500. The lowest BCUT2D eigenvalue weighted by atomic mass is 9.98. The average Bonchev–Trinajstić information content (AvgIpc) is 2.24. The Morgan fingerprint density at radius 2 is 2.07 bits per heavy atom. The summed E-state index contributed by atoms with van der Waals surface area (Å²) in [5.41, 5.74) is 1.25. The molecule has 0 saturated carbocycles. The minimum atomic E-state index is -0.623. The van der Waals surface area contributed by atoms with Gasteiger partial charge in [0.2, 0.25) is 0 Å². The van der Waals surface area contributed by atoms with Gasteiger partial charge in [0.15, 0.2) is 0 Å². The number of benzene rings is 1. The fourth-order valence-electron chi connectivity index (χ4n) is 2.30. The van der Waals surface area contributed by atoms with Crippen molar-refractivity contribution in [2.24, 2.45) is 0 Å². The number of alkyl halides is 1. The Labute approximate surface area is 88.6 Å². The van der Waals surface area contributed by atoms with E-state index in [2.05, 4.69) is 11.0 Å². The van der Waals surface area contributed by atoms with Gasteiger partial charge >= 0.3 is 0 Å². The first kappa shape index (κ1) is 9.16. The van der Waals surface area contributed by atoms with Crippen molar-refractivity contribution in [1.82, 2.24) is 4.90 Å². The highest BCUT2D eigenvalue weighted by Crippen LogP contribution is 2.28. The number of hydrogen-bond donors (Lipinski definition) is 0. The quantitative estimate of drug-likeness (QED) is 0.694. The molecule has 1 aromatic rings. The number of halogens is 1. The zero-order valence-electron chi connectivity index (χ0n) is 8.53. The zero-order chi connectivity index (χ0) is 10.3. The molecular formula is C12H14FNO. The summed E-state index contributed by atoms with van der Waals surface area (Å²) >= 11 is 0. The van der Waals surface area contributed by atoms with Gasteiger partial charge < -0.3 is 4.74 Å². The van der Waals surface area contributed by atoms with Gasteiger partial charge in [0, 0.05) is 19.1 Å². The lowest BCUT2D eigenvalue weighted by Crippen LogP contribution is -2.56. The number of hydrogen-bond acceptors (Lipinski definition) is 2. The van der Waals surface area contributed by atoms with Crippen molar-refractivity contribution in [3.8, 4) is 5.75 Å². The molecule has 3 heteroatoms. The van der Waals surface area contributed by atoms with Crippen LogP contribution < -0.4 is 4.74 Å². The highest BCUT2D eigenvalue weighted by atomic mass is 19.1. The minimum absolute atomic E-state index is 0.367. The molecule has 2 aliphatic heterocycles. The molecule has 2 aliphatic rings. The molecule has 0 bridgehead atoms. The summed E-state index contributed by atoms with van der Waals surface area (Å²) in [4.78, 5) is 2.17. The lowest BCUT2D eigenvalue weighted by molar-refractivity contribution is 0.00456. The Hall–Kier alpha value is -1.09. The summed E-state index contributed by atoms with van der Waals surface area (Å²) in [6.07, 6.45) is 0.366. The second kappa shape index (κ2) is 3.49. The van der Waals surface area contributed by atoms with E-state index in [-0.39, 0.29) is 0 Å². The third kappa shape index (κ3) is 1.61. The summed E-state index contributed by atoms with van der Waals surface area (Å²) in [6.45, 7) is 1.86. The zero-order valence-corrected chi connectivity index (χ0v) is 8.53. The van der Waals surface area contributed by atoms with Crippen molar-refractivity contribution >= 4 is 0 Å². The van der Waals surface area contributed by atoms with E-state index in [1.165, 1.54) is 5.56 Å². The maximum Gasteiger partial charge on any atom is 0.125 e. The SMILES string of the molecule is FC1CN(C2COc3ccccc3C2)C1. The van der Waals surface area contributed by atoms with E-state index in [1.807, 2.05) is 18.2 Å². The second-order valence-electron chi connectivity index (χ2n) is 4.33. The topological polar surface area (TPSA) is 12.5 Å². The van der Waals surface area contributed by atoms with Crippen LogP contribution in [0.1, 0.15) is 5.56 Å². The van der Waals surface area contributed by atoms with Crippen LogP contribution in [0.15, 0.2) is 24.3 Å². The largest absolute Gasteiger partial charge is 0.492 e. The molecule has 0 aromatic heterocycles. The monoisotopic (exact) mass is 207 g/mol. The second-order valence-corrected chi connectivity index (χ2v) is 4.33. The van der Waals surface area contributed by atoms with Crippen LogP contribution in [0.5, 0.6) is 5.75 Å². The van der Waals surface area contributed by atoms with Crippen LogP contribution in [0.3, 0.4) is 0 Å². The Kier molecular flexibility index (Phi) is 2.13. The first-order chi connectivity index (χ1) is 7.33. The molecule has 0 radical (unpaired) electrons. The molecule has 0 N–H and O–H groups in total. The van der Waals surface area contributed by atoms with Crippen molar-refractivity contribution in [1.29, 1.82) is 0 Å². The molecule has 0 amide bonds. The van der Waals surface area contributed by atoms with Crippen LogP contribution in [-0.4, -0.2) is 36.8 Å². The number of rotatable bonds is 1. The molecular weight excluding hydrogens is 193 g/mol. The van der Waals surface area contributed by atoms with Gasteiger partial charge in [0.05, 0.1) is 0 Å². The smallest absolute Gasteiger partial charge is 0.125 e. The minimum Gasteiger partial charge on any atom is -0.492 e. The summed E-state index contributed by atoms with van der Waals surface area (Å²) in [5, 5.41) is 0. The van der Waals surface area contributed by atoms with E-state index in [0.717, 1.165) is 12.2 Å². The van der Waals surface area contributed by atoms with E-state index in [9.17, 15) is 4.39 Å². The average molecular weight is 207 g/mol. The van der Waals surface area contributed by atoms with E-state index in [0.29, 0.717) is 25.7 Å². The molecule has 80 valence electrons. The van der Waals surface area contributed by atoms with Crippen molar-refractivity contribution in [2.75, 3.05) is 19.7 Å². The third-order valence-corrected chi connectivity index (χ3v) is 3.24. The normalized spacial score (nSPS) is 26.6. The molecule has 1 unspecified atom stereocenters. The molecule has 0 spiro atoms. The van der Waals surface area contributed by atoms with E-state index < -0.39 is 6.17 Å². The maximum atomic E-state index is 12.7. The van der Waals surface area contributed by atoms with Crippen LogP contribution in [0.25, 0.3) is 0 Å². The molecule has 0 aliphatic carbocycles. The summed E-state index contributed by atoms with van der Waals surface area (Å²) < 4.78 is 18.4. The van der Waals surface area contributed by atoms with Gasteiger partial charge in [-0.3, -0.25) is 4.90 Å². The van der Waals surface area contributed by atoms with Gasteiger partial charge in [-0.15, -0.1) is 0 Å². The first-order valence-electron chi connectivity index (χ1n) is 5.42. The number of ether oxygens (including phenoxy) is 1. The van der Waals surface area contributed by atoms with Crippen molar-refractivity contribution < 1.29 is 9.13 Å². The highest BCUT2D eigenvalue weighted by Gasteiger charge is 2.34. The Morgan fingerprint density at radius 1 is 1.27 bits per heavy atom. The van der Waals surface area contributed by atoms with Gasteiger partial charge in [-0.05, 0) is 18.1 Å². The van der Waals surface area contributed by atoms with E-state index in [4.69, 9.17) is 4.74 Å². The fourth-order valence-corrected chi connectivity index (χ4v) is 2.30. The molecule has 2 heterocycles. The number of nitrogens with zero attached hydrogens (tertiary/aromatic N) is 1. The van der Waals surface area contributed by atoms with Crippen LogP contribution in [0.2, 0.25) is 0 Å². The van der Waals surface area contributed by atoms with Gasteiger partial charge in [0.25, 0.3) is 0 Å².